The first-order valence-corrected chi connectivity index (χ1v) is 10.2. The molecule has 2 heterocycles. The van der Waals surface area contributed by atoms with Crippen LogP contribution in [0.2, 0.25) is 10.0 Å². The third-order valence-electron chi connectivity index (χ3n) is 4.84. The molecular formula is C21H17Cl2N5O4. The van der Waals surface area contributed by atoms with E-state index in [2.05, 4.69) is 25.9 Å². The van der Waals surface area contributed by atoms with Crippen molar-refractivity contribution in [2.75, 3.05) is 23.1 Å². The van der Waals surface area contributed by atoms with Crippen LogP contribution in [-0.4, -0.2) is 28.9 Å². The van der Waals surface area contributed by atoms with E-state index < -0.39 is 23.3 Å². The lowest BCUT2D eigenvalue weighted by Crippen LogP contribution is -2.36. The molecule has 0 radical (unpaired) electrons. The van der Waals surface area contributed by atoms with Crippen molar-refractivity contribution in [2.24, 2.45) is 0 Å². The van der Waals surface area contributed by atoms with Crippen LogP contribution < -0.4 is 26.2 Å². The Kier molecular flexibility index (Phi) is 6.02. The SMILES string of the molecule is COc1ccccc1Nc1nc2c(c(=O)[nH]1)[C@@H](C(=O)Nc1cccc(Cl)c1Cl)CC(=O)N2. The van der Waals surface area contributed by atoms with Gasteiger partial charge in [0.1, 0.15) is 11.6 Å². The Morgan fingerprint density at radius 2 is 1.88 bits per heavy atom. The summed E-state index contributed by atoms with van der Waals surface area (Å²) in [4.78, 5) is 45.0. The Balaban J connectivity index is 1.66. The molecule has 0 aliphatic carbocycles. The van der Waals surface area contributed by atoms with Gasteiger partial charge in [-0.05, 0) is 24.3 Å². The number of carbonyl (C=O) groups excluding carboxylic acids is 2. The van der Waals surface area contributed by atoms with Crippen molar-refractivity contribution in [1.82, 2.24) is 9.97 Å². The maximum absolute atomic E-state index is 12.9. The van der Waals surface area contributed by atoms with E-state index in [9.17, 15) is 14.4 Å². The number of H-pyrrole nitrogens is 1. The third-order valence-corrected chi connectivity index (χ3v) is 5.66. The van der Waals surface area contributed by atoms with Crippen molar-refractivity contribution >= 4 is 58.2 Å². The number of hydrogen-bond acceptors (Lipinski definition) is 6. The lowest BCUT2D eigenvalue weighted by molar-refractivity contribution is -0.123. The van der Waals surface area contributed by atoms with Crippen molar-refractivity contribution in [3.63, 3.8) is 0 Å². The lowest BCUT2D eigenvalue weighted by Gasteiger charge is -2.24. The molecule has 0 unspecified atom stereocenters. The molecule has 1 aromatic heterocycles. The van der Waals surface area contributed by atoms with Gasteiger partial charge in [0.25, 0.3) is 5.56 Å². The molecule has 9 nitrogen and oxygen atoms in total. The van der Waals surface area contributed by atoms with Gasteiger partial charge >= 0.3 is 0 Å². The second-order valence-corrected chi connectivity index (χ2v) is 7.68. The van der Waals surface area contributed by atoms with Crippen LogP contribution in [-0.2, 0) is 9.59 Å². The summed E-state index contributed by atoms with van der Waals surface area (Å²) >= 11 is 12.1. The maximum atomic E-state index is 12.9. The van der Waals surface area contributed by atoms with E-state index in [4.69, 9.17) is 27.9 Å². The van der Waals surface area contributed by atoms with Crippen LogP contribution in [0.1, 0.15) is 17.9 Å². The van der Waals surface area contributed by atoms with E-state index in [1.165, 1.54) is 7.11 Å². The number of hydrogen-bond donors (Lipinski definition) is 4. The molecule has 0 saturated heterocycles. The molecular weight excluding hydrogens is 457 g/mol. The van der Waals surface area contributed by atoms with Crippen LogP contribution in [0.25, 0.3) is 0 Å². The molecule has 2 aromatic carbocycles. The number of methoxy groups -OCH3 is 1. The number of halogens is 2. The molecule has 3 aromatic rings. The van der Waals surface area contributed by atoms with Gasteiger partial charge in [-0.1, -0.05) is 41.4 Å². The predicted molar refractivity (Wildman–Crippen MR) is 122 cm³/mol. The first kappa shape index (κ1) is 21.7. The first-order valence-electron chi connectivity index (χ1n) is 9.46. The highest BCUT2D eigenvalue weighted by Gasteiger charge is 2.35. The van der Waals surface area contributed by atoms with Crippen LogP contribution in [0.4, 0.5) is 23.1 Å². The summed E-state index contributed by atoms with van der Waals surface area (Å²) in [5, 5.41) is 8.56. The molecule has 32 heavy (non-hydrogen) atoms. The molecule has 0 bridgehead atoms. The number of rotatable bonds is 5. The summed E-state index contributed by atoms with van der Waals surface area (Å²) in [6.07, 6.45) is -0.221. The number of amides is 2. The Bertz CT molecular complexity index is 1280. The highest BCUT2D eigenvalue weighted by molar-refractivity contribution is 6.44. The predicted octanol–water partition coefficient (Wildman–Crippen LogP) is 3.89. The summed E-state index contributed by atoms with van der Waals surface area (Å²) in [5.74, 6) is -1.48. The van der Waals surface area contributed by atoms with Crippen LogP contribution in [0.5, 0.6) is 5.75 Å². The van der Waals surface area contributed by atoms with Gasteiger partial charge in [0, 0.05) is 6.42 Å². The fraction of sp³-hybridized carbons (Fsp3) is 0.143. The molecule has 1 aliphatic heterocycles. The number of aromatic nitrogens is 2. The monoisotopic (exact) mass is 473 g/mol. The highest BCUT2D eigenvalue weighted by Crippen LogP contribution is 2.34. The Hall–Kier alpha value is -3.56. The topological polar surface area (TPSA) is 125 Å². The molecule has 1 atom stereocenters. The van der Waals surface area contributed by atoms with E-state index in [1.54, 1.807) is 42.5 Å². The lowest BCUT2D eigenvalue weighted by atomic mass is 9.92. The molecule has 2 amide bonds. The van der Waals surface area contributed by atoms with Gasteiger partial charge in [0.2, 0.25) is 17.8 Å². The van der Waals surface area contributed by atoms with Crippen molar-refractivity contribution < 1.29 is 14.3 Å². The van der Waals surface area contributed by atoms with Gasteiger partial charge in [-0.25, -0.2) is 0 Å². The van der Waals surface area contributed by atoms with Crippen molar-refractivity contribution in [2.45, 2.75) is 12.3 Å². The smallest absolute Gasteiger partial charge is 0.258 e. The highest BCUT2D eigenvalue weighted by atomic mass is 35.5. The van der Waals surface area contributed by atoms with E-state index in [0.717, 1.165) is 0 Å². The summed E-state index contributed by atoms with van der Waals surface area (Å²) < 4.78 is 5.28. The van der Waals surface area contributed by atoms with Gasteiger partial charge < -0.3 is 20.7 Å². The summed E-state index contributed by atoms with van der Waals surface area (Å²) in [7, 11) is 1.51. The average Bonchev–Trinajstić information content (AvgIpc) is 2.76. The van der Waals surface area contributed by atoms with Crippen LogP contribution in [0.15, 0.2) is 47.3 Å². The van der Waals surface area contributed by atoms with E-state index in [-0.39, 0.29) is 39.5 Å². The minimum atomic E-state index is -1.06. The molecule has 0 saturated carbocycles. The van der Waals surface area contributed by atoms with E-state index in [0.29, 0.717) is 11.4 Å². The molecule has 0 spiro atoms. The number of benzene rings is 2. The quantitative estimate of drug-likeness (QED) is 0.445. The average molecular weight is 474 g/mol. The van der Waals surface area contributed by atoms with Gasteiger partial charge in [-0.2, -0.15) is 4.98 Å². The molecule has 11 heteroatoms. The second-order valence-electron chi connectivity index (χ2n) is 6.90. The van der Waals surface area contributed by atoms with Gasteiger partial charge in [-0.3, -0.25) is 19.4 Å². The second kappa shape index (κ2) is 8.89. The molecule has 164 valence electrons. The van der Waals surface area contributed by atoms with Crippen LogP contribution in [0.3, 0.4) is 0 Å². The maximum Gasteiger partial charge on any atom is 0.258 e. The largest absolute Gasteiger partial charge is 0.495 e. The number of anilines is 4. The fourth-order valence-corrected chi connectivity index (χ4v) is 3.70. The number of ether oxygens (including phenoxy) is 1. The van der Waals surface area contributed by atoms with E-state index >= 15 is 0 Å². The fourth-order valence-electron chi connectivity index (χ4n) is 3.35. The minimum absolute atomic E-state index is 0.000242. The van der Waals surface area contributed by atoms with Gasteiger partial charge in [0.05, 0.1) is 40.0 Å². The summed E-state index contributed by atoms with van der Waals surface area (Å²) in [6.45, 7) is 0. The Morgan fingerprint density at radius 3 is 2.66 bits per heavy atom. The standard InChI is InChI=1S/C21H17Cl2N5O4/c1-32-14-8-3-2-6-12(14)25-21-27-18-16(20(31)28-21)10(9-15(29)26-18)19(30)24-13-7-4-5-11(22)17(13)23/h2-8,10H,9H2,1H3,(H,24,30)(H3,25,26,27,28,29,31)/t10-/m0/s1. The minimum Gasteiger partial charge on any atom is -0.495 e. The Morgan fingerprint density at radius 1 is 1.12 bits per heavy atom. The molecule has 0 fully saturated rings. The van der Waals surface area contributed by atoms with Crippen molar-refractivity contribution in [3.8, 4) is 5.75 Å². The zero-order valence-corrected chi connectivity index (χ0v) is 18.2. The van der Waals surface area contributed by atoms with Crippen molar-refractivity contribution in [3.05, 3.63) is 68.4 Å². The first-order chi connectivity index (χ1) is 15.4. The number of nitrogens with zero attached hydrogens (tertiary/aromatic N) is 1. The normalized spacial score (nSPS) is 14.8. The summed E-state index contributed by atoms with van der Waals surface area (Å²) in [6, 6.07) is 11.8. The van der Waals surface area contributed by atoms with Gasteiger partial charge in [0.15, 0.2) is 0 Å². The number of fused-ring (bicyclic) bond motifs is 1. The molecule has 4 N–H and O–H groups in total. The molecule has 1 aliphatic rings. The number of para-hydroxylation sites is 2. The zero-order valence-electron chi connectivity index (χ0n) is 16.7. The van der Waals surface area contributed by atoms with E-state index in [1.807, 2.05) is 0 Å². The zero-order chi connectivity index (χ0) is 22.8. The van der Waals surface area contributed by atoms with Crippen LogP contribution >= 0.6 is 23.2 Å². The number of carbonyl (C=O) groups is 2. The summed E-state index contributed by atoms with van der Waals surface area (Å²) in [5.41, 5.74) is 0.316. The number of aromatic amines is 1. The Labute approximate surface area is 192 Å². The van der Waals surface area contributed by atoms with Crippen molar-refractivity contribution in [1.29, 1.82) is 0 Å². The number of nitrogens with one attached hydrogen (secondary N) is 4. The van der Waals surface area contributed by atoms with Crippen LogP contribution in [0, 0.1) is 0 Å². The molecule has 4 rings (SSSR count). The third kappa shape index (κ3) is 4.25. The van der Waals surface area contributed by atoms with Gasteiger partial charge in [-0.15, -0.1) is 0 Å².